The van der Waals surface area contributed by atoms with E-state index in [2.05, 4.69) is 42.5 Å². The van der Waals surface area contributed by atoms with Crippen LogP contribution in [-0.2, 0) is 0 Å². The Hall–Kier alpha value is -2.48. The van der Waals surface area contributed by atoms with Gasteiger partial charge in [0.2, 0.25) is 0 Å². The van der Waals surface area contributed by atoms with Gasteiger partial charge in [0.25, 0.3) is 0 Å². The quantitative estimate of drug-likeness (QED) is 0.504. The molecule has 0 N–H and O–H groups in total. The van der Waals surface area contributed by atoms with Crippen LogP contribution in [0.25, 0.3) is 22.3 Å². The summed E-state index contributed by atoms with van der Waals surface area (Å²) in [6, 6.07) is 26.8. The zero-order valence-corrected chi connectivity index (χ0v) is 14.9. The molecule has 0 saturated heterocycles. The van der Waals surface area contributed by atoms with Crippen LogP contribution in [0, 0.1) is 0 Å². The van der Waals surface area contributed by atoms with E-state index in [-0.39, 0.29) is 15.0 Å². The number of hydrogen-bond acceptors (Lipinski definition) is 2. The monoisotopic (exact) mass is 380 g/mol. The summed E-state index contributed by atoms with van der Waals surface area (Å²) in [5, 5.41) is 1.18. The van der Waals surface area contributed by atoms with Gasteiger partial charge in [0.1, 0.15) is 0 Å². The van der Waals surface area contributed by atoms with Gasteiger partial charge in [-0.05, 0) is 0 Å². The van der Waals surface area contributed by atoms with E-state index in [0.717, 1.165) is 22.7 Å². The molecule has 0 aliphatic rings. The van der Waals surface area contributed by atoms with Gasteiger partial charge in [0.15, 0.2) is 0 Å². The van der Waals surface area contributed by atoms with E-state index in [0.29, 0.717) is 0 Å². The standard InChI is InChI=1S/C21H16O2Se/c1-22-18-13-7-5-11-16(18)20-21(24-15-9-3-2-4-10-15)17-12-6-8-14-19(17)23-20/h2-14H,1H3. The van der Waals surface area contributed by atoms with Gasteiger partial charge in [-0.3, -0.25) is 0 Å². The van der Waals surface area contributed by atoms with Crippen LogP contribution < -0.4 is 13.7 Å². The molecule has 0 saturated carbocycles. The van der Waals surface area contributed by atoms with E-state index in [1.165, 1.54) is 14.3 Å². The summed E-state index contributed by atoms with van der Waals surface area (Å²) in [5.41, 5.74) is 1.93. The minimum absolute atomic E-state index is 0.157. The molecule has 0 spiro atoms. The molecule has 0 unspecified atom stereocenters. The molecule has 0 fully saturated rings. The number of fused-ring (bicyclic) bond motifs is 1. The van der Waals surface area contributed by atoms with Crippen molar-refractivity contribution in [3.63, 3.8) is 0 Å². The average molecular weight is 379 g/mol. The van der Waals surface area contributed by atoms with Crippen LogP contribution in [0.1, 0.15) is 0 Å². The van der Waals surface area contributed by atoms with Gasteiger partial charge >= 0.3 is 147 Å². The van der Waals surface area contributed by atoms with Crippen molar-refractivity contribution >= 4 is 34.8 Å². The maximum atomic E-state index is 6.24. The first kappa shape index (κ1) is 15.1. The summed E-state index contributed by atoms with van der Waals surface area (Å²) in [6.07, 6.45) is 0. The Bertz CT molecular complexity index is 973. The van der Waals surface area contributed by atoms with Gasteiger partial charge in [-0.2, -0.15) is 0 Å². The number of furan rings is 1. The molecule has 0 aliphatic carbocycles. The fraction of sp³-hybridized carbons (Fsp3) is 0.0476. The predicted molar refractivity (Wildman–Crippen MR) is 99.7 cm³/mol. The van der Waals surface area contributed by atoms with Crippen LogP contribution in [0.3, 0.4) is 0 Å². The van der Waals surface area contributed by atoms with Crippen molar-refractivity contribution in [2.24, 2.45) is 0 Å². The number of rotatable bonds is 4. The molecule has 4 rings (SSSR count). The molecule has 4 aromatic rings. The van der Waals surface area contributed by atoms with E-state index in [9.17, 15) is 0 Å². The third-order valence-corrected chi connectivity index (χ3v) is 6.21. The number of para-hydroxylation sites is 2. The summed E-state index contributed by atoms with van der Waals surface area (Å²) in [5.74, 6) is 1.75. The van der Waals surface area contributed by atoms with Crippen molar-refractivity contribution < 1.29 is 9.15 Å². The van der Waals surface area contributed by atoms with Gasteiger partial charge < -0.3 is 0 Å². The Kier molecular flexibility index (Phi) is 4.12. The van der Waals surface area contributed by atoms with Gasteiger partial charge in [0, 0.05) is 0 Å². The average Bonchev–Trinajstić information content (AvgIpc) is 3.01. The molecule has 0 atom stereocenters. The van der Waals surface area contributed by atoms with Crippen molar-refractivity contribution in [1.29, 1.82) is 0 Å². The van der Waals surface area contributed by atoms with E-state index in [4.69, 9.17) is 9.15 Å². The SMILES string of the molecule is COc1ccccc1-c1oc2ccccc2c1[Se]c1ccccc1. The second kappa shape index (κ2) is 6.56. The molecule has 0 amide bonds. The Morgan fingerprint density at radius 2 is 1.50 bits per heavy atom. The Labute approximate surface area is 147 Å². The first-order valence-electron chi connectivity index (χ1n) is 7.74. The molecule has 3 aromatic carbocycles. The summed E-state index contributed by atoms with van der Waals surface area (Å²) >= 11 is 0.157. The van der Waals surface area contributed by atoms with Crippen LogP contribution in [0.5, 0.6) is 5.75 Å². The van der Waals surface area contributed by atoms with Crippen LogP contribution in [0.15, 0.2) is 83.3 Å². The van der Waals surface area contributed by atoms with E-state index in [1.807, 2.05) is 36.4 Å². The third-order valence-electron chi connectivity index (χ3n) is 3.86. The van der Waals surface area contributed by atoms with Gasteiger partial charge in [-0.25, -0.2) is 0 Å². The van der Waals surface area contributed by atoms with Crippen molar-refractivity contribution in [1.82, 2.24) is 0 Å². The second-order valence-electron chi connectivity index (χ2n) is 5.37. The van der Waals surface area contributed by atoms with Crippen molar-refractivity contribution in [3.05, 3.63) is 78.9 Å². The number of ether oxygens (including phenoxy) is 1. The maximum absolute atomic E-state index is 6.24. The summed E-state index contributed by atoms with van der Waals surface area (Å²) in [4.78, 5) is 0. The predicted octanol–water partition coefficient (Wildman–Crippen LogP) is 3.76. The first-order valence-corrected chi connectivity index (χ1v) is 9.46. The van der Waals surface area contributed by atoms with Crippen molar-refractivity contribution in [2.75, 3.05) is 7.11 Å². The van der Waals surface area contributed by atoms with Gasteiger partial charge in [0.05, 0.1) is 0 Å². The fourth-order valence-electron chi connectivity index (χ4n) is 2.74. The number of methoxy groups -OCH3 is 1. The molecule has 0 aliphatic heterocycles. The van der Waals surface area contributed by atoms with Crippen molar-refractivity contribution in [2.45, 2.75) is 0 Å². The van der Waals surface area contributed by atoms with Crippen LogP contribution in [-0.4, -0.2) is 22.1 Å². The molecule has 24 heavy (non-hydrogen) atoms. The summed E-state index contributed by atoms with van der Waals surface area (Å²) < 4.78 is 14.4. The van der Waals surface area contributed by atoms with Crippen molar-refractivity contribution in [3.8, 4) is 17.1 Å². The van der Waals surface area contributed by atoms with E-state index < -0.39 is 0 Å². The molecule has 3 heteroatoms. The molecule has 1 heterocycles. The van der Waals surface area contributed by atoms with Crippen LogP contribution in [0.2, 0.25) is 0 Å². The Balaban J connectivity index is 1.93. The minimum atomic E-state index is 0.157. The Morgan fingerprint density at radius 1 is 0.792 bits per heavy atom. The van der Waals surface area contributed by atoms with Crippen LogP contribution >= 0.6 is 0 Å². The molecule has 2 nitrogen and oxygen atoms in total. The van der Waals surface area contributed by atoms with E-state index >= 15 is 0 Å². The molecule has 0 bridgehead atoms. The summed E-state index contributed by atoms with van der Waals surface area (Å²) in [7, 11) is 1.70. The topological polar surface area (TPSA) is 22.4 Å². The molecular weight excluding hydrogens is 363 g/mol. The molecular formula is C21H16O2Se. The normalized spacial score (nSPS) is 10.9. The first-order chi connectivity index (χ1) is 11.9. The fourth-order valence-corrected chi connectivity index (χ4v) is 4.95. The summed E-state index contributed by atoms with van der Waals surface area (Å²) in [6.45, 7) is 0. The molecule has 1 aromatic heterocycles. The second-order valence-corrected chi connectivity index (χ2v) is 7.65. The van der Waals surface area contributed by atoms with Gasteiger partial charge in [-0.1, -0.05) is 0 Å². The van der Waals surface area contributed by atoms with Crippen LogP contribution in [0.4, 0.5) is 0 Å². The number of benzene rings is 3. The van der Waals surface area contributed by atoms with E-state index in [1.54, 1.807) is 7.11 Å². The Morgan fingerprint density at radius 3 is 2.33 bits per heavy atom. The number of hydrogen-bond donors (Lipinski definition) is 0. The van der Waals surface area contributed by atoms with Gasteiger partial charge in [-0.15, -0.1) is 0 Å². The zero-order valence-electron chi connectivity index (χ0n) is 13.2. The third kappa shape index (κ3) is 2.73. The zero-order chi connectivity index (χ0) is 16.4. The molecule has 0 radical (unpaired) electrons. The molecule has 118 valence electrons.